The fourth-order valence-corrected chi connectivity index (χ4v) is 2.72. The first-order valence-corrected chi connectivity index (χ1v) is 8.47. The van der Waals surface area contributed by atoms with Crippen molar-refractivity contribution >= 4 is 23.4 Å². The quantitative estimate of drug-likeness (QED) is 0.652. The molecule has 25 heavy (non-hydrogen) atoms. The van der Waals surface area contributed by atoms with Gasteiger partial charge < -0.3 is 14.5 Å². The maximum absolute atomic E-state index is 12.1. The number of aromatic nitrogens is 4. The van der Waals surface area contributed by atoms with Gasteiger partial charge in [0.25, 0.3) is 5.22 Å². The number of thioether (sulfide) groups is 1. The van der Waals surface area contributed by atoms with Crippen LogP contribution in [-0.2, 0) is 4.79 Å². The number of carbonyl (C=O) groups excluding carboxylic acids is 1. The molecule has 0 aliphatic rings. The molecular weight excluding hydrogens is 342 g/mol. The van der Waals surface area contributed by atoms with Crippen LogP contribution >= 0.6 is 11.8 Å². The summed E-state index contributed by atoms with van der Waals surface area (Å²) in [5.41, 5.74) is 3.05. The Bertz CT molecular complexity index is 853. The van der Waals surface area contributed by atoms with Crippen molar-refractivity contribution in [2.75, 3.05) is 18.2 Å². The Balaban J connectivity index is 1.58. The van der Waals surface area contributed by atoms with E-state index in [0.717, 1.165) is 22.7 Å². The van der Waals surface area contributed by atoms with Crippen LogP contribution in [0.15, 0.2) is 33.9 Å². The van der Waals surface area contributed by atoms with Gasteiger partial charge in [0, 0.05) is 5.56 Å². The first-order valence-electron chi connectivity index (χ1n) is 7.49. The number of hydrogen-bond acceptors (Lipinski definition) is 7. The van der Waals surface area contributed by atoms with Crippen LogP contribution in [0.2, 0.25) is 0 Å². The molecule has 130 valence electrons. The standard InChI is InChI=1S/C16H17N5O3S/c1-9-14(10(2)19-18-9)17-13(22)8-25-16-21-20-15(24-16)11-4-6-12(23-3)7-5-11/h4-7H,8H2,1-3H3,(H,17,22)(H,18,19). The molecule has 0 fully saturated rings. The summed E-state index contributed by atoms with van der Waals surface area (Å²) in [6, 6.07) is 7.29. The average Bonchev–Trinajstić information content (AvgIpc) is 3.22. The molecule has 2 heterocycles. The Morgan fingerprint density at radius 2 is 2.04 bits per heavy atom. The number of rotatable bonds is 6. The van der Waals surface area contributed by atoms with Crippen molar-refractivity contribution in [2.45, 2.75) is 19.1 Å². The molecule has 0 aliphatic heterocycles. The van der Waals surface area contributed by atoms with Crippen LogP contribution in [0.5, 0.6) is 5.75 Å². The van der Waals surface area contributed by atoms with Crippen LogP contribution < -0.4 is 10.1 Å². The van der Waals surface area contributed by atoms with E-state index in [-0.39, 0.29) is 11.7 Å². The maximum Gasteiger partial charge on any atom is 0.277 e. The van der Waals surface area contributed by atoms with Crippen LogP contribution in [0.4, 0.5) is 5.69 Å². The minimum atomic E-state index is -0.165. The summed E-state index contributed by atoms with van der Waals surface area (Å²) in [6.07, 6.45) is 0. The molecule has 0 aliphatic carbocycles. The van der Waals surface area contributed by atoms with E-state index >= 15 is 0 Å². The third kappa shape index (κ3) is 4.00. The third-order valence-corrected chi connectivity index (χ3v) is 4.28. The number of benzene rings is 1. The number of hydrogen-bond donors (Lipinski definition) is 2. The van der Waals surface area contributed by atoms with Crippen LogP contribution in [0, 0.1) is 13.8 Å². The van der Waals surface area contributed by atoms with Crippen molar-refractivity contribution in [3.8, 4) is 17.2 Å². The largest absolute Gasteiger partial charge is 0.497 e. The Morgan fingerprint density at radius 1 is 1.28 bits per heavy atom. The zero-order valence-electron chi connectivity index (χ0n) is 14.0. The van der Waals surface area contributed by atoms with Gasteiger partial charge in [-0.25, -0.2) is 0 Å². The van der Waals surface area contributed by atoms with E-state index in [0.29, 0.717) is 16.8 Å². The molecular formula is C16H17N5O3S. The van der Waals surface area contributed by atoms with Gasteiger partial charge in [0.1, 0.15) is 5.75 Å². The molecule has 0 atom stereocenters. The van der Waals surface area contributed by atoms with Gasteiger partial charge in [-0.05, 0) is 38.1 Å². The molecule has 0 saturated heterocycles. The smallest absolute Gasteiger partial charge is 0.277 e. The van der Waals surface area contributed by atoms with Gasteiger partial charge in [0.15, 0.2) is 0 Å². The number of aryl methyl sites for hydroxylation is 2. The van der Waals surface area contributed by atoms with E-state index < -0.39 is 0 Å². The lowest BCUT2D eigenvalue weighted by atomic mass is 10.2. The van der Waals surface area contributed by atoms with E-state index in [1.54, 1.807) is 7.11 Å². The molecule has 0 spiro atoms. The molecule has 0 bridgehead atoms. The number of nitrogens with zero attached hydrogens (tertiary/aromatic N) is 3. The summed E-state index contributed by atoms with van der Waals surface area (Å²) in [6.45, 7) is 3.67. The summed E-state index contributed by atoms with van der Waals surface area (Å²) in [5, 5.41) is 18.0. The summed E-state index contributed by atoms with van der Waals surface area (Å²) in [5.74, 6) is 1.14. The van der Waals surface area contributed by atoms with Crippen molar-refractivity contribution in [3.63, 3.8) is 0 Å². The van der Waals surface area contributed by atoms with E-state index in [2.05, 4.69) is 25.7 Å². The number of carbonyl (C=O) groups is 1. The highest BCUT2D eigenvalue weighted by atomic mass is 32.2. The highest BCUT2D eigenvalue weighted by Gasteiger charge is 2.14. The molecule has 3 rings (SSSR count). The Kier molecular flexibility index (Phi) is 5.03. The minimum absolute atomic E-state index is 0.161. The van der Waals surface area contributed by atoms with Gasteiger partial charge in [0.2, 0.25) is 11.8 Å². The molecule has 2 N–H and O–H groups in total. The molecule has 1 amide bonds. The van der Waals surface area contributed by atoms with Crippen molar-refractivity contribution in [1.29, 1.82) is 0 Å². The van der Waals surface area contributed by atoms with E-state index in [4.69, 9.17) is 9.15 Å². The summed E-state index contributed by atoms with van der Waals surface area (Å²) < 4.78 is 10.7. The average molecular weight is 359 g/mol. The molecule has 9 heteroatoms. The molecule has 3 aromatic rings. The van der Waals surface area contributed by atoms with Gasteiger partial charge in [-0.1, -0.05) is 11.8 Å². The van der Waals surface area contributed by atoms with Crippen molar-refractivity contribution in [3.05, 3.63) is 35.7 Å². The highest BCUT2D eigenvalue weighted by molar-refractivity contribution is 7.99. The van der Waals surface area contributed by atoms with Gasteiger partial charge in [-0.15, -0.1) is 10.2 Å². The second kappa shape index (κ2) is 7.39. The number of nitrogens with one attached hydrogen (secondary N) is 2. The minimum Gasteiger partial charge on any atom is -0.497 e. The Hall–Kier alpha value is -2.81. The third-order valence-electron chi connectivity index (χ3n) is 3.46. The maximum atomic E-state index is 12.1. The lowest BCUT2D eigenvalue weighted by molar-refractivity contribution is -0.113. The molecule has 2 aromatic heterocycles. The normalized spacial score (nSPS) is 10.7. The predicted octanol–water partition coefficient (Wildman–Crippen LogP) is 2.82. The summed E-state index contributed by atoms with van der Waals surface area (Å²) >= 11 is 1.18. The number of ether oxygens (including phenoxy) is 1. The van der Waals surface area contributed by atoms with E-state index in [1.165, 1.54) is 11.8 Å². The fraction of sp³-hybridized carbons (Fsp3) is 0.250. The molecule has 0 saturated carbocycles. The van der Waals surface area contributed by atoms with Gasteiger partial charge in [-0.2, -0.15) is 5.10 Å². The second-order valence-corrected chi connectivity index (χ2v) is 6.17. The van der Waals surface area contributed by atoms with Crippen LogP contribution in [0.1, 0.15) is 11.4 Å². The number of H-pyrrole nitrogens is 1. The van der Waals surface area contributed by atoms with E-state index in [1.807, 2.05) is 38.1 Å². The summed E-state index contributed by atoms with van der Waals surface area (Å²) in [4.78, 5) is 12.1. The van der Waals surface area contributed by atoms with Crippen molar-refractivity contribution in [2.24, 2.45) is 0 Å². The predicted molar refractivity (Wildman–Crippen MR) is 93.7 cm³/mol. The van der Waals surface area contributed by atoms with E-state index in [9.17, 15) is 4.79 Å². The van der Waals surface area contributed by atoms with Crippen LogP contribution in [0.3, 0.4) is 0 Å². The van der Waals surface area contributed by atoms with Crippen molar-refractivity contribution < 1.29 is 13.9 Å². The summed E-state index contributed by atoms with van der Waals surface area (Å²) in [7, 11) is 1.61. The zero-order chi connectivity index (χ0) is 17.8. The Morgan fingerprint density at radius 3 is 2.68 bits per heavy atom. The second-order valence-electron chi connectivity index (χ2n) is 5.25. The lowest BCUT2D eigenvalue weighted by Crippen LogP contribution is -2.15. The van der Waals surface area contributed by atoms with Crippen LogP contribution in [-0.4, -0.2) is 39.2 Å². The van der Waals surface area contributed by atoms with Gasteiger partial charge in [-0.3, -0.25) is 9.89 Å². The monoisotopic (exact) mass is 359 g/mol. The first kappa shape index (κ1) is 17.0. The van der Waals surface area contributed by atoms with Crippen LogP contribution in [0.25, 0.3) is 11.5 Å². The molecule has 0 unspecified atom stereocenters. The molecule has 0 radical (unpaired) electrons. The SMILES string of the molecule is COc1ccc(-c2nnc(SCC(=O)Nc3c(C)n[nH]c3C)o2)cc1. The van der Waals surface area contributed by atoms with Gasteiger partial charge >= 0.3 is 0 Å². The Labute approximate surface area is 148 Å². The number of amides is 1. The zero-order valence-corrected chi connectivity index (χ0v) is 14.8. The number of aromatic amines is 1. The molecule has 1 aromatic carbocycles. The fourth-order valence-electron chi connectivity index (χ4n) is 2.16. The van der Waals surface area contributed by atoms with Gasteiger partial charge in [0.05, 0.1) is 29.9 Å². The highest BCUT2D eigenvalue weighted by Crippen LogP contribution is 2.25. The number of methoxy groups -OCH3 is 1. The lowest BCUT2D eigenvalue weighted by Gasteiger charge is -2.03. The first-order chi connectivity index (χ1) is 12.1. The number of anilines is 1. The molecule has 8 nitrogen and oxygen atoms in total. The van der Waals surface area contributed by atoms with Crippen molar-refractivity contribution in [1.82, 2.24) is 20.4 Å². The topological polar surface area (TPSA) is 106 Å².